The molecular weight excluding hydrogens is 541 g/mol. The lowest BCUT2D eigenvalue weighted by Gasteiger charge is -2.31. The molecule has 14 heteroatoms. The van der Waals surface area contributed by atoms with Gasteiger partial charge in [-0.15, -0.1) is 0 Å². The Bertz CT molecular complexity index is 1090. The molecule has 2 aromatic carbocycles. The van der Waals surface area contributed by atoms with Crippen molar-refractivity contribution in [3.63, 3.8) is 0 Å². The number of nitrogens with one attached hydrogen (secondary N) is 1. The Morgan fingerprint density at radius 3 is 1.76 bits per heavy atom. The lowest BCUT2D eigenvalue weighted by Crippen LogP contribution is -2.44. The third-order valence-corrected chi connectivity index (χ3v) is 5.60. The van der Waals surface area contributed by atoms with E-state index in [-0.39, 0.29) is 29.3 Å². The highest BCUT2D eigenvalue weighted by Gasteiger charge is 2.64. The van der Waals surface area contributed by atoms with E-state index in [4.69, 9.17) is 5.11 Å². The number of hydrogen-bond donors (Lipinski definition) is 2. The quantitative estimate of drug-likeness (QED) is 0.430. The number of aromatic carboxylic acids is 1. The summed E-state index contributed by atoms with van der Waals surface area (Å²) in [5, 5.41) is 8.92. The summed E-state index contributed by atoms with van der Waals surface area (Å²) in [6.45, 7) is 0. The summed E-state index contributed by atoms with van der Waals surface area (Å²) in [6.07, 6.45) is -16.3. The number of halogens is 10. The highest BCUT2D eigenvalue weighted by atomic mass is 79.9. The van der Waals surface area contributed by atoms with Crippen LogP contribution in [0.4, 0.5) is 39.5 Å². The number of carbonyl (C=O) groups is 1. The molecule has 0 bridgehead atoms. The van der Waals surface area contributed by atoms with Crippen LogP contribution in [0.5, 0.6) is 0 Å². The monoisotopic (exact) mass is 549 g/mol. The molecule has 0 saturated heterocycles. The van der Waals surface area contributed by atoms with E-state index in [0.717, 1.165) is 24.3 Å². The second kappa shape index (κ2) is 7.94. The lowest BCUT2D eigenvalue weighted by molar-refractivity contribution is -0.270. The number of benzene rings is 2. The van der Waals surface area contributed by atoms with Gasteiger partial charge in [0.05, 0.1) is 26.9 Å². The predicted molar refractivity (Wildman–Crippen MR) is 97.6 cm³/mol. The second-order valence-electron chi connectivity index (χ2n) is 6.75. The van der Waals surface area contributed by atoms with E-state index in [1.165, 1.54) is 0 Å². The Hall–Kier alpha value is -2.74. The van der Waals surface area contributed by atoms with Gasteiger partial charge in [0.1, 0.15) is 0 Å². The molecule has 1 unspecified atom stereocenters. The van der Waals surface area contributed by atoms with Crippen molar-refractivity contribution in [3.8, 4) is 0 Å². The van der Waals surface area contributed by atoms with Gasteiger partial charge in [0.2, 0.25) is 5.60 Å². The molecule has 0 amide bonds. The zero-order valence-electron chi connectivity index (χ0n) is 15.6. The van der Waals surface area contributed by atoms with Crippen molar-refractivity contribution in [2.75, 3.05) is 0 Å². The van der Waals surface area contributed by atoms with Crippen molar-refractivity contribution in [1.29, 1.82) is 0 Å². The van der Waals surface area contributed by atoms with Gasteiger partial charge in [-0.3, -0.25) is 5.48 Å². The summed E-state index contributed by atoms with van der Waals surface area (Å²) in [6, 6.07) is 3.76. The average Bonchev–Trinajstić information content (AvgIpc) is 3.04. The van der Waals surface area contributed by atoms with Crippen LogP contribution in [0.1, 0.15) is 32.6 Å². The van der Waals surface area contributed by atoms with Crippen LogP contribution in [0.15, 0.2) is 46.9 Å². The van der Waals surface area contributed by atoms with Crippen LogP contribution < -0.4 is 5.48 Å². The van der Waals surface area contributed by atoms with Crippen LogP contribution >= 0.6 is 15.9 Å². The number of carboxylic acid groups (broad SMARTS) is 1. The van der Waals surface area contributed by atoms with Crippen LogP contribution in [0.25, 0.3) is 5.70 Å². The molecule has 1 aliphatic heterocycles. The normalized spacial score (nSPS) is 19.6. The minimum Gasteiger partial charge on any atom is -0.478 e. The fourth-order valence-corrected chi connectivity index (χ4v) is 3.89. The first-order valence-electron chi connectivity index (χ1n) is 8.53. The zero-order chi connectivity index (χ0) is 25.0. The Morgan fingerprint density at radius 2 is 1.36 bits per heavy atom. The minimum atomic E-state index is -5.53. The Balaban J connectivity index is 2.28. The number of carboxylic acids is 1. The molecule has 33 heavy (non-hydrogen) atoms. The molecule has 0 aromatic heterocycles. The first-order valence-corrected chi connectivity index (χ1v) is 9.32. The van der Waals surface area contributed by atoms with Crippen LogP contribution in [-0.4, -0.2) is 17.3 Å². The van der Waals surface area contributed by atoms with E-state index in [2.05, 4.69) is 20.8 Å². The maximum absolute atomic E-state index is 14.2. The molecule has 0 spiro atoms. The SMILES string of the molecule is O=C(O)c1ccc(C2=C(Br)C(c3cc(C(F)(F)F)cc(C(F)(F)F)c3)(C(F)(F)F)ON2)cc1. The van der Waals surface area contributed by atoms with Crippen molar-refractivity contribution in [1.82, 2.24) is 5.48 Å². The molecule has 1 atom stereocenters. The number of alkyl halides is 9. The highest BCUT2D eigenvalue weighted by molar-refractivity contribution is 9.12. The summed E-state index contributed by atoms with van der Waals surface area (Å²) in [7, 11) is 0. The molecule has 1 heterocycles. The Morgan fingerprint density at radius 1 is 0.879 bits per heavy atom. The first-order chi connectivity index (χ1) is 15.0. The molecule has 0 fully saturated rings. The number of hydroxylamine groups is 1. The van der Waals surface area contributed by atoms with Crippen molar-refractivity contribution in [2.24, 2.45) is 0 Å². The summed E-state index contributed by atoms with van der Waals surface area (Å²) in [5.41, 5.74) is -8.06. The molecule has 3 rings (SSSR count). The van der Waals surface area contributed by atoms with Gasteiger partial charge in [0.15, 0.2) is 0 Å². The first kappa shape index (κ1) is 24.9. The molecule has 0 saturated carbocycles. The van der Waals surface area contributed by atoms with Crippen molar-refractivity contribution in [2.45, 2.75) is 24.1 Å². The second-order valence-corrected chi connectivity index (χ2v) is 7.54. The predicted octanol–water partition coefficient (Wildman–Crippen LogP) is 6.48. The van der Waals surface area contributed by atoms with E-state index in [0.29, 0.717) is 0 Å². The zero-order valence-corrected chi connectivity index (χ0v) is 17.2. The number of hydrogen-bond acceptors (Lipinski definition) is 3. The molecular formula is C19H9BrF9NO3. The Kier molecular flexibility index (Phi) is 5.99. The maximum atomic E-state index is 14.2. The smallest absolute Gasteiger partial charge is 0.429 e. The van der Waals surface area contributed by atoms with Gasteiger partial charge in [0.25, 0.3) is 0 Å². The van der Waals surface area contributed by atoms with Crippen LogP contribution in [0.3, 0.4) is 0 Å². The lowest BCUT2D eigenvalue weighted by atomic mass is 9.88. The summed E-state index contributed by atoms with van der Waals surface area (Å²) < 4.78 is 121. The topological polar surface area (TPSA) is 58.6 Å². The van der Waals surface area contributed by atoms with Crippen LogP contribution in [-0.2, 0) is 22.8 Å². The van der Waals surface area contributed by atoms with Gasteiger partial charge in [0, 0.05) is 11.1 Å². The van der Waals surface area contributed by atoms with Crippen molar-refractivity contribution in [3.05, 3.63) is 74.8 Å². The highest BCUT2D eigenvalue weighted by Crippen LogP contribution is 2.55. The Labute approximate surface area is 186 Å². The third kappa shape index (κ3) is 4.40. The average molecular weight is 550 g/mol. The minimum absolute atomic E-state index is 0.0812. The molecule has 2 N–H and O–H groups in total. The third-order valence-electron chi connectivity index (χ3n) is 4.65. The van der Waals surface area contributed by atoms with Gasteiger partial charge >= 0.3 is 24.5 Å². The number of rotatable bonds is 3. The van der Waals surface area contributed by atoms with E-state index in [9.17, 15) is 44.3 Å². The van der Waals surface area contributed by atoms with Gasteiger partial charge in [-0.1, -0.05) is 12.1 Å². The fourth-order valence-electron chi connectivity index (χ4n) is 3.05. The van der Waals surface area contributed by atoms with Gasteiger partial charge in [-0.2, -0.15) is 39.5 Å². The summed E-state index contributed by atoms with van der Waals surface area (Å²) >= 11 is 2.63. The van der Waals surface area contributed by atoms with E-state index in [1.807, 2.05) is 5.48 Å². The van der Waals surface area contributed by atoms with E-state index >= 15 is 0 Å². The standard InChI is InChI=1S/C19H9BrF9NO3/c20-14-13(8-1-3-9(4-2-8)15(31)32)30-33-16(14,19(27,28)29)10-5-11(17(21,22)23)7-12(6-10)18(24,25)26/h1-7,30H,(H,31,32). The van der Waals surface area contributed by atoms with Crippen LogP contribution in [0.2, 0.25) is 0 Å². The molecule has 0 aliphatic carbocycles. The van der Waals surface area contributed by atoms with Gasteiger partial charge < -0.3 is 5.11 Å². The van der Waals surface area contributed by atoms with E-state index in [1.54, 1.807) is 0 Å². The molecule has 0 radical (unpaired) electrons. The van der Waals surface area contributed by atoms with Crippen LogP contribution in [0, 0.1) is 0 Å². The summed E-state index contributed by atoms with van der Waals surface area (Å²) in [4.78, 5) is 15.6. The van der Waals surface area contributed by atoms with Crippen molar-refractivity contribution >= 4 is 27.6 Å². The maximum Gasteiger partial charge on any atom is 0.429 e. The fraction of sp³-hybridized carbons (Fsp3) is 0.211. The molecule has 4 nitrogen and oxygen atoms in total. The molecule has 178 valence electrons. The van der Waals surface area contributed by atoms with Gasteiger partial charge in [-0.05, 0) is 46.3 Å². The molecule has 2 aromatic rings. The van der Waals surface area contributed by atoms with Gasteiger partial charge in [-0.25, -0.2) is 9.63 Å². The summed E-state index contributed by atoms with van der Waals surface area (Å²) in [5.74, 6) is -1.33. The molecule has 1 aliphatic rings. The largest absolute Gasteiger partial charge is 0.478 e. The van der Waals surface area contributed by atoms with E-state index < -0.39 is 57.0 Å². The van der Waals surface area contributed by atoms with Crippen molar-refractivity contribution < 1.29 is 54.3 Å².